The van der Waals surface area contributed by atoms with Crippen LogP contribution in [0.1, 0.15) is 47.9 Å². The molecule has 0 saturated carbocycles. The van der Waals surface area contributed by atoms with Crippen molar-refractivity contribution in [1.82, 2.24) is 4.72 Å². The van der Waals surface area contributed by atoms with E-state index in [0.29, 0.717) is 15.3 Å². The minimum atomic E-state index is -3.67. The van der Waals surface area contributed by atoms with E-state index in [-0.39, 0.29) is 12.3 Å². The van der Waals surface area contributed by atoms with Crippen LogP contribution in [0.15, 0.2) is 47.4 Å². The molecular formula is C23H25NO3S2. The molecule has 29 heavy (non-hydrogen) atoms. The number of rotatable bonds is 6. The molecule has 6 heteroatoms. The molecule has 0 fully saturated rings. The van der Waals surface area contributed by atoms with Gasteiger partial charge in [0.2, 0.25) is 15.8 Å². The van der Waals surface area contributed by atoms with Gasteiger partial charge < -0.3 is 0 Å². The zero-order chi connectivity index (χ0) is 21.3. The largest absolute Gasteiger partial charge is 0.288 e. The van der Waals surface area contributed by atoms with Gasteiger partial charge in [-0.1, -0.05) is 30.3 Å². The van der Waals surface area contributed by atoms with Crippen LogP contribution in [0.3, 0.4) is 0 Å². The SMILES string of the molecule is Cc1c(C)c(C)c(S(=O)(=O)NCc2ccc(C(=O)c3ccccc3)s2)c(C)c1C. The van der Waals surface area contributed by atoms with Crippen molar-refractivity contribution in [1.29, 1.82) is 0 Å². The molecular weight excluding hydrogens is 402 g/mol. The van der Waals surface area contributed by atoms with E-state index >= 15 is 0 Å². The molecule has 1 N–H and O–H groups in total. The molecule has 0 spiro atoms. The van der Waals surface area contributed by atoms with Crippen molar-refractivity contribution >= 4 is 27.1 Å². The zero-order valence-electron chi connectivity index (χ0n) is 17.3. The number of ketones is 1. The van der Waals surface area contributed by atoms with Crippen molar-refractivity contribution in [2.45, 2.75) is 46.1 Å². The molecule has 0 radical (unpaired) electrons. The third-order valence-corrected chi connectivity index (χ3v) is 8.32. The minimum Gasteiger partial charge on any atom is -0.288 e. The van der Waals surface area contributed by atoms with Gasteiger partial charge in [-0.05, 0) is 74.6 Å². The van der Waals surface area contributed by atoms with Crippen LogP contribution in [0.2, 0.25) is 0 Å². The Bertz CT molecular complexity index is 1150. The van der Waals surface area contributed by atoms with Crippen LogP contribution in [0.25, 0.3) is 0 Å². The summed E-state index contributed by atoms with van der Waals surface area (Å²) in [4.78, 5) is 14.3. The monoisotopic (exact) mass is 427 g/mol. The molecule has 0 saturated heterocycles. The number of carbonyl (C=O) groups is 1. The number of carbonyl (C=O) groups excluding carboxylic acids is 1. The molecule has 1 heterocycles. The predicted molar refractivity (Wildman–Crippen MR) is 118 cm³/mol. The van der Waals surface area contributed by atoms with Crippen LogP contribution in [0.4, 0.5) is 0 Å². The quantitative estimate of drug-likeness (QED) is 0.563. The molecule has 0 aliphatic rings. The Kier molecular flexibility index (Phi) is 6.08. The fourth-order valence-electron chi connectivity index (χ4n) is 3.43. The van der Waals surface area contributed by atoms with Crippen molar-refractivity contribution in [3.05, 3.63) is 85.6 Å². The first-order valence-corrected chi connectivity index (χ1v) is 11.7. The lowest BCUT2D eigenvalue weighted by Crippen LogP contribution is -2.25. The molecule has 4 nitrogen and oxygen atoms in total. The fraction of sp³-hybridized carbons (Fsp3) is 0.261. The summed E-state index contributed by atoms with van der Waals surface area (Å²) in [5.41, 5.74) is 5.31. The molecule has 0 unspecified atom stereocenters. The molecule has 0 amide bonds. The highest BCUT2D eigenvalue weighted by Gasteiger charge is 2.23. The molecule has 3 rings (SSSR count). The van der Waals surface area contributed by atoms with E-state index in [1.165, 1.54) is 11.3 Å². The normalized spacial score (nSPS) is 11.6. The lowest BCUT2D eigenvalue weighted by Gasteiger charge is -2.18. The lowest BCUT2D eigenvalue weighted by molar-refractivity contribution is 0.104. The number of benzene rings is 2. The molecule has 0 bridgehead atoms. The molecule has 0 atom stereocenters. The van der Waals surface area contributed by atoms with Gasteiger partial charge in [-0.25, -0.2) is 13.1 Å². The third-order valence-electron chi connectivity index (χ3n) is 5.56. The van der Waals surface area contributed by atoms with Crippen LogP contribution in [0, 0.1) is 34.6 Å². The van der Waals surface area contributed by atoms with Gasteiger partial charge in [0.25, 0.3) is 0 Å². The molecule has 1 aromatic heterocycles. The number of nitrogens with one attached hydrogen (secondary N) is 1. The van der Waals surface area contributed by atoms with Gasteiger partial charge >= 0.3 is 0 Å². The maximum atomic E-state index is 13.1. The number of hydrogen-bond acceptors (Lipinski definition) is 4. The summed E-state index contributed by atoms with van der Waals surface area (Å²) in [6.07, 6.45) is 0. The van der Waals surface area contributed by atoms with E-state index in [9.17, 15) is 13.2 Å². The lowest BCUT2D eigenvalue weighted by atomic mass is 9.95. The predicted octanol–water partition coefficient (Wildman–Crippen LogP) is 5.00. The van der Waals surface area contributed by atoms with Crippen LogP contribution < -0.4 is 4.72 Å². The topological polar surface area (TPSA) is 63.2 Å². The summed E-state index contributed by atoms with van der Waals surface area (Å²) < 4.78 is 28.8. The smallest absolute Gasteiger partial charge is 0.241 e. The van der Waals surface area contributed by atoms with Crippen LogP contribution in [-0.2, 0) is 16.6 Å². The van der Waals surface area contributed by atoms with Crippen LogP contribution in [-0.4, -0.2) is 14.2 Å². The van der Waals surface area contributed by atoms with Crippen molar-refractivity contribution in [3.8, 4) is 0 Å². The van der Waals surface area contributed by atoms with Gasteiger partial charge in [-0.15, -0.1) is 11.3 Å². The van der Waals surface area contributed by atoms with E-state index in [2.05, 4.69) is 4.72 Å². The summed E-state index contributed by atoms with van der Waals surface area (Å²) in [5, 5.41) is 0. The van der Waals surface area contributed by atoms with Crippen molar-refractivity contribution in [3.63, 3.8) is 0 Å². The van der Waals surface area contributed by atoms with E-state index in [1.807, 2.05) is 52.8 Å². The van der Waals surface area contributed by atoms with Crippen molar-refractivity contribution in [2.24, 2.45) is 0 Å². The average molecular weight is 428 g/mol. The second-order valence-electron chi connectivity index (χ2n) is 7.24. The van der Waals surface area contributed by atoms with Crippen molar-refractivity contribution < 1.29 is 13.2 Å². The maximum Gasteiger partial charge on any atom is 0.241 e. The number of sulfonamides is 1. The Morgan fingerprint density at radius 1 is 0.828 bits per heavy atom. The average Bonchev–Trinajstić information content (AvgIpc) is 3.18. The first-order chi connectivity index (χ1) is 13.6. The van der Waals surface area contributed by atoms with E-state index in [0.717, 1.165) is 32.7 Å². The van der Waals surface area contributed by atoms with Gasteiger partial charge in [0, 0.05) is 17.0 Å². The van der Waals surface area contributed by atoms with Crippen LogP contribution >= 0.6 is 11.3 Å². The fourth-order valence-corrected chi connectivity index (χ4v) is 6.04. The van der Waals surface area contributed by atoms with Gasteiger partial charge in [0.05, 0.1) is 9.77 Å². The Balaban J connectivity index is 1.82. The highest BCUT2D eigenvalue weighted by Crippen LogP contribution is 2.30. The third kappa shape index (κ3) is 4.20. The second-order valence-corrected chi connectivity index (χ2v) is 10.1. The molecule has 0 aliphatic heterocycles. The van der Waals surface area contributed by atoms with E-state index in [1.54, 1.807) is 24.3 Å². The van der Waals surface area contributed by atoms with Gasteiger partial charge in [0.1, 0.15) is 0 Å². The maximum absolute atomic E-state index is 13.1. The van der Waals surface area contributed by atoms with Gasteiger partial charge in [-0.2, -0.15) is 0 Å². The highest BCUT2D eigenvalue weighted by atomic mass is 32.2. The summed E-state index contributed by atoms with van der Waals surface area (Å²) in [7, 11) is -3.67. The molecule has 2 aromatic carbocycles. The Morgan fingerprint density at radius 3 is 1.97 bits per heavy atom. The highest BCUT2D eigenvalue weighted by molar-refractivity contribution is 7.89. The van der Waals surface area contributed by atoms with Gasteiger partial charge in [0.15, 0.2) is 0 Å². The first kappa shape index (κ1) is 21.4. The van der Waals surface area contributed by atoms with E-state index in [4.69, 9.17) is 0 Å². The second kappa shape index (κ2) is 8.22. The zero-order valence-corrected chi connectivity index (χ0v) is 18.9. The minimum absolute atomic E-state index is 0.0545. The summed E-state index contributed by atoms with van der Waals surface area (Å²) in [6.45, 7) is 9.79. The Labute approximate surface area is 176 Å². The Morgan fingerprint density at radius 2 is 1.38 bits per heavy atom. The Hall–Kier alpha value is -2.28. The van der Waals surface area contributed by atoms with E-state index < -0.39 is 10.0 Å². The number of hydrogen-bond donors (Lipinski definition) is 1. The molecule has 3 aromatic rings. The van der Waals surface area contributed by atoms with Gasteiger partial charge in [-0.3, -0.25) is 4.79 Å². The number of thiophene rings is 1. The standard InChI is InChI=1S/C23H25NO3S2/c1-14-15(2)17(4)23(18(5)16(14)3)29(26,27)24-13-20-11-12-21(28-20)22(25)19-9-7-6-8-10-19/h6-12,24H,13H2,1-5H3. The van der Waals surface area contributed by atoms with Crippen molar-refractivity contribution in [2.75, 3.05) is 0 Å². The summed E-state index contributed by atoms with van der Waals surface area (Å²) in [5.74, 6) is -0.0545. The molecule has 0 aliphatic carbocycles. The first-order valence-electron chi connectivity index (χ1n) is 9.38. The molecule has 152 valence electrons. The summed E-state index contributed by atoms with van der Waals surface area (Å²) in [6, 6.07) is 12.6. The summed E-state index contributed by atoms with van der Waals surface area (Å²) >= 11 is 1.31. The van der Waals surface area contributed by atoms with Crippen LogP contribution in [0.5, 0.6) is 0 Å².